The molecule has 7 heteroatoms. The van der Waals surface area contributed by atoms with E-state index in [0.29, 0.717) is 17.2 Å². The van der Waals surface area contributed by atoms with Gasteiger partial charge < -0.3 is 9.64 Å². The topological polar surface area (TPSA) is 53.9 Å². The maximum atomic E-state index is 12.4. The summed E-state index contributed by atoms with van der Waals surface area (Å²) < 4.78 is 6.84. The van der Waals surface area contributed by atoms with Crippen LogP contribution in [0.25, 0.3) is 0 Å². The number of hydrogen-bond acceptors (Lipinski definition) is 4. The molecule has 0 aliphatic carbocycles. The van der Waals surface area contributed by atoms with Crippen molar-refractivity contribution in [2.24, 2.45) is 5.10 Å². The Morgan fingerprint density at radius 1 is 1.09 bits per heavy atom. The van der Waals surface area contributed by atoms with Gasteiger partial charge in [0.15, 0.2) is 0 Å². The molecular formula is C25H23ClIN3O2. The van der Waals surface area contributed by atoms with E-state index in [1.54, 1.807) is 6.21 Å². The molecule has 32 heavy (non-hydrogen) atoms. The van der Waals surface area contributed by atoms with E-state index in [4.69, 9.17) is 16.3 Å². The number of amides is 1. The van der Waals surface area contributed by atoms with Crippen LogP contribution in [0.5, 0.6) is 5.75 Å². The number of hydrogen-bond donors (Lipinski definition) is 1. The minimum absolute atomic E-state index is 0.233. The highest BCUT2D eigenvalue weighted by Gasteiger charge is 2.13. The van der Waals surface area contributed by atoms with Crippen molar-refractivity contribution >= 4 is 52.0 Å². The minimum atomic E-state index is -0.233. The fourth-order valence-electron chi connectivity index (χ4n) is 3.51. The Bertz CT molecular complexity index is 1110. The highest BCUT2D eigenvalue weighted by molar-refractivity contribution is 14.1. The maximum absolute atomic E-state index is 12.4. The van der Waals surface area contributed by atoms with Crippen LogP contribution in [0.4, 0.5) is 5.69 Å². The Morgan fingerprint density at radius 2 is 1.84 bits per heavy atom. The molecule has 1 aliphatic heterocycles. The Labute approximate surface area is 206 Å². The summed E-state index contributed by atoms with van der Waals surface area (Å²) in [4.78, 5) is 14.7. The van der Waals surface area contributed by atoms with Gasteiger partial charge in [-0.3, -0.25) is 4.79 Å². The molecule has 0 spiro atoms. The van der Waals surface area contributed by atoms with Gasteiger partial charge >= 0.3 is 0 Å². The molecule has 0 radical (unpaired) electrons. The van der Waals surface area contributed by atoms with Crippen LogP contribution in [-0.4, -0.2) is 25.2 Å². The molecule has 1 N–H and O–H groups in total. The number of ether oxygens (including phenoxy) is 1. The second kappa shape index (κ2) is 10.8. The van der Waals surface area contributed by atoms with Gasteiger partial charge in [0, 0.05) is 34.9 Å². The summed E-state index contributed by atoms with van der Waals surface area (Å²) in [5.41, 5.74) is 6.14. The average molecular weight is 560 g/mol. The summed E-state index contributed by atoms with van der Waals surface area (Å²) in [7, 11) is 0. The van der Waals surface area contributed by atoms with E-state index >= 15 is 0 Å². The first-order valence-electron chi connectivity index (χ1n) is 10.4. The quantitative estimate of drug-likeness (QED) is 0.223. The number of anilines is 1. The fraction of sp³-hybridized carbons (Fsp3) is 0.200. The van der Waals surface area contributed by atoms with Crippen LogP contribution in [-0.2, 0) is 6.61 Å². The third-order valence-corrected chi connectivity index (χ3v) is 6.49. The number of nitrogens with one attached hydrogen (secondary N) is 1. The van der Waals surface area contributed by atoms with Gasteiger partial charge in [-0.25, -0.2) is 5.43 Å². The van der Waals surface area contributed by atoms with Crippen molar-refractivity contribution in [2.75, 3.05) is 18.0 Å². The van der Waals surface area contributed by atoms with Gasteiger partial charge in [0.2, 0.25) is 0 Å². The minimum Gasteiger partial charge on any atom is -0.488 e. The maximum Gasteiger partial charge on any atom is 0.271 e. The zero-order chi connectivity index (χ0) is 22.3. The normalized spacial score (nSPS) is 13.5. The predicted molar refractivity (Wildman–Crippen MR) is 138 cm³/mol. The summed E-state index contributed by atoms with van der Waals surface area (Å²) in [6.45, 7) is 2.56. The van der Waals surface area contributed by atoms with Crippen molar-refractivity contribution in [3.8, 4) is 5.75 Å². The first kappa shape index (κ1) is 22.6. The molecular weight excluding hydrogens is 537 g/mol. The van der Waals surface area contributed by atoms with Crippen molar-refractivity contribution < 1.29 is 9.53 Å². The Morgan fingerprint density at radius 3 is 2.56 bits per heavy atom. The van der Waals surface area contributed by atoms with Gasteiger partial charge in [0.25, 0.3) is 5.91 Å². The zero-order valence-corrected chi connectivity index (χ0v) is 20.3. The van der Waals surface area contributed by atoms with E-state index < -0.39 is 0 Å². The van der Waals surface area contributed by atoms with E-state index in [9.17, 15) is 4.79 Å². The lowest BCUT2D eigenvalue weighted by Gasteiger charge is -2.17. The smallest absolute Gasteiger partial charge is 0.271 e. The Balaban J connectivity index is 1.31. The third-order valence-electron chi connectivity index (χ3n) is 5.28. The molecule has 0 unspecified atom stereocenters. The molecule has 164 valence electrons. The molecule has 3 aromatic rings. The van der Waals surface area contributed by atoms with Crippen LogP contribution in [0, 0.1) is 3.57 Å². The molecule has 1 saturated heterocycles. The van der Waals surface area contributed by atoms with E-state index in [1.165, 1.54) is 12.8 Å². The highest BCUT2D eigenvalue weighted by Crippen LogP contribution is 2.24. The molecule has 3 aromatic carbocycles. The highest BCUT2D eigenvalue weighted by atomic mass is 127. The first-order valence-corrected chi connectivity index (χ1v) is 11.9. The largest absolute Gasteiger partial charge is 0.488 e. The number of carbonyl (C=O) groups is 1. The number of benzene rings is 3. The zero-order valence-electron chi connectivity index (χ0n) is 17.4. The average Bonchev–Trinajstić information content (AvgIpc) is 3.35. The van der Waals surface area contributed by atoms with Crippen molar-refractivity contribution in [1.82, 2.24) is 5.43 Å². The van der Waals surface area contributed by atoms with Crippen molar-refractivity contribution in [2.45, 2.75) is 19.4 Å². The van der Waals surface area contributed by atoms with E-state index in [2.05, 4.69) is 38.0 Å². The van der Waals surface area contributed by atoms with Crippen LogP contribution in [0.1, 0.15) is 34.3 Å². The summed E-state index contributed by atoms with van der Waals surface area (Å²) in [5.74, 6) is 0.536. The van der Waals surface area contributed by atoms with E-state index in [-0.39, 0.29) is 5.91 Å². The monoisotopic (exact) mass is 559 g/mol. The number of halogens is 2. The molecule has 0 saturated carbocycles. The first-order chi connectivity index (χ1) is 15.6. The molecule has 5 nitrogen and oxygen atoms in total. The van der Waals surface area contributed by atoms with Crippen molar-refractivity contribution in [1.29, 1.82) is 0 Å². The lowest BCUT2D eigenvalue weighted by Crippen LogP contribution is -2.19. The van der Waals surface area contributed by atoms with E-state index in [0.717, 1.165) is 39.2 Å². The lowest BCUT2D eigenvalue weighted by molar-refractivity contribution is 0.0955. The molecule has 0 aromatic heterocycles. The summed E-state index contributed by atoms with van der Waals surface area (Å²) >= 11 is 8.40. The van der Waals surface area contributed by atoms with E-state index in [1.807, 2.05) is 66.7 Å². The van der Waals surface area contributed by atoms with Crippen LogP contribution < -0.4 is 15.1 Å². The Hall–Kier alpha value is -2.58. The van der Waals surface area contributed by atoms with Gasteiger partial charge in [-0.2, -0.15) is 5.10 Å². The van der Waals surface area contributed by atoms with Crippen LogP contribution in [0.15, 0.2) is 71.8 Å². The van der Waals surface area contributed by atoms with Crippen molar-refractivity contribution in [3.05, 3.63) is 92.0 Å². The van der Waals surface area contributed by atoms with Crippen LogP contribution in [0.2, 0.25) is 5.02 Å². The number of nitrogens with zero attached hydrogens (tertiary/aromatic N) is 2. The Kier molecular flexibility index (Phi) is 7.65. The second-order valence-electron chi connectivity index (χ2n) is 7.51. The summed E-state index contributed by atoms with van der Waals surface area (Å²) in [5, 5.41) is 4.78. The summed E-state index contributed by atoms with van der Waals surface area (Å²) in [6.07, 6.45) is 4.07. The molecule has 0 atom stereocenters. The third kappa shape index (κ3) is 5.81. The summed E-state index contributed by atoms with van der Waals surface area (Å²) in [6, 6.07) is 21.0. The van der Waals surface area contributed by atoms with Gasteiger partial charge in [-0.1, -0.05) is 29.8 Å². The standard InChI is InChI=1S/C25H23ClIN3O2/c26-22-6-2-1-5-20(22)17-32-24-12-7-18(15-23(24)27)16-28-29-25(31)19-8-10-21(11-9-19)30-13-3-4-14-30/h1-2,5-12,15-16H,3-4,13-14,17H2,(H,29,31)/b28-16-. The lowest BCUT2D eigenvalue weighted by atomic mass is 10.2. The van der Waals surface area contributed by atoms with Gasteiger partial charge in [0.1, 0.15) is 12.4 Å². The van der Waals surface area contributed by atoms with Crippen LogP contribution >= 0.6 is 34.2 Å². The van der Waals surface area contributed by atoms with Crippen LogP contribution in [0.3, 0.4) is 0 Å². The van der Waals surface area contributed by atoms with Crippen molar-refractivity contribution in [3.63, 3.8) is 0 Å². The molecule has 0 bridgehead atoms. The number of carbonyl (C=O) groups excluding carboxylic acids is 1. The predicted octanol–water partition coefficient (Wildman–Crippen LogP) is 5.89. The molecule has 4 rings (SSSR count). The molecule has 1 amide bonds. The molecule has 1 fully saturated rings. The van der Waals surface area contributed by atoms with Gasteiger partial charge in [-0.05, 0) is 89.5 Å². The van der Waals surface area contributed by atoms with Gasteiger partial charge in [-0.15, -0.1) is 0 Å². The molecule has 1 aliphatic rings. The van der Waals surface area contributed by atoms with Gasteiger partial charge in [0.05, 0.1) is 9.78 Å². The number of hydrazone groups is 1. The number of rotatable bonds is 7. The fourth-order valence-corrected chi connectivity index (χ4v) is 4.40. The molecule has 1 heterocycles. The second-order valence-corrected chi connectivity index (χ2v) is 9.08. The SMILES string of the molecule is O=C(N/N=C\c1ccc(OCc2ccccc2Cl)c(I)c1)c1ccc(N2CCCC2)cc1.